The largest absolute Gasteiger partial charge is 0.350 e. The van der Waals surface area contributed by atoms with Gasteiger partial charge in [-0.1, -0.05) is 0 Å². The molecule has 4 bridgehead atoms. The Balaban J connectivity index is 1.33. The number of nitrogens with zero attached hydrogens (tertiary/aromatic N) is 3. The minimum atomic E-state index is -2.85. The highest BCUT2D eigenvalue weighted by molar-refractivity contribution is 5.99. The van der Waals surface area contributed by atoms with Crippen molar-refractivity contribution in [3.05, 3.63) is 63.9 Å². The van der Waals surface area contributed by atoms with Crippen LogP contribution in [0.5, 0.6) is 0 Å². The van der Waals surface area contributed by atoms with Crippen LogP contribution in [0.15, 0.2) is 41.3 Å². The van der Waals surface area contributed by atoms with Crippen molar-refractivity contribution in [3.8, 4) is 5.69 Å². The molecule has 204 valence electrons. The smallest absolute Gasteiger partial charge is 0.266 e. The van der Waals surface area contributed by atoms with E-state index in [9.17, 15) is 22.8 Å². The van der Waals surface area contributed by atoms with Crippen molar-refractivity contribution in [3.63, 3.8) is 0 Å². The third-order valence-corrected chi connectivity index (χ3v) is 9.50. The summed E-state index contributed by atoms with van der Waals surface area (Å²) in [7, 11) is 0. The summed E-state index contributed by atoms with van der Waals surface area (Å²) in [5.41, 5.74) is -0.706. The molecule has 0 spiro atoms. The number of fused-ring (bicyclic) bond motifs is 1. The van der Waals surface area contributed by atoms with Gasteiger partial charge in [0.2, 0.25) is 5.43 Å². The molecule has 39 heavy (non-hydrogen) atoms. The van der Waals surface area contributed by atoms with Gasteiger partial charge < -0.3 is 4.90 Å². The van der Waals surface area contributed by atoms with Crippen LogP contribution in [0.3, 0.4) is 0 Å². The van der Waals surface area contributed by atoms with E-state index in [-0.39, 0.29) is 58.7 Å². The van der Waals surface area contributed by atoms with E-state index >= 15 is 4.39 Å². The van der Waals surface area contributed by atoms with Crippen LogP contribution in [-0.4, -0.2) is 34.3 Å². The van der Waals surface area contributed by atoms with E-state index in [1.807, 2.05) is 0 Å². The fraction of sp³-hybridized carbons (Fsp3) is 0.500. The molecular weight excluding hydrogens is 510 g/mol. The Labute approximate surface area is 222 Å². The van der Waals surface area contributed by atoms with Crippen LogP contribution in [0.1, 0.15) is 61.7 Å². The molecule has 0 amide bonds. The maximum Gasteiger partial charge on any atom is 0.266 e. The molecule has 9 heteroatoms. The molecule has 0 unspecified atom stereocenters. The number of hydrogen-bond acceptors (Lipinski definition) is 4. The zero-order valence-electron chi connectivity index (χ0n) is 21.4. The van der Waals surface area contributed by atoms with Crippen molar-refractivity contribution >= 4 is 22.6 Å². The SMILES string of the molecule is O=C(CC12CC3CC(CC(C3)C1)C2)c1cn(-c2ccc(F)cc2F)c2nc(N3CCC(F)(F)C3)ccc2c1=O. The van der Waals surface area contributed by atoms with Crippen LogP contribution in [0.25, 0.3) is 16.7 Å². The lowest BCUT2D eigenvalue weighted by molar-refractivity contribution is -0.0524. The van der Waals surface area contributed by atoms with E-state index < -0.39 is 29.5 Å². The third-order valence-electron chi connectivity index (χ3n) is 9.50. The lowest BCUT2D eigenvalue weighted by Crippen LogP contribution is -2.47. The van der Waals surface area contributed by atoms with Crippen molar-refractivity contribution in [1.82, 2.24) is 9.55 Å². The summed E-state index contributed by atoms with van der Waals surface area (Å²) >= 11 is 0. The zero-order valence-corrected chi connectivity index (χ0v) is 21.4. The molecule has 0 N–H and O–H groups in total. The number of alkyl halides is 2. The number of carbonyl (C=O) groups excluding carboxylic acids is 1. The van der Waals surface area contributed by atoms with E-state index in [0.29, 0.717) is 17.8 Å². The quantitative estimate of drug-likeness (QED) is 0.282. The van der Waals surface area contributed by atoms with Gasteiger partial charge in [0.15, 0.2) is 11.4 Å². The van der Waals surface area contributed by atoms with E-state index in [1.54, 1.807) is 0 Å². The first-order valence-electron chi connectivity index (χ1n) is 13.8. The van der Waals surface area contributed by atoms with Gasteiger partial charge in [0, 0.05) is 31.6 Å². The fourth-order valence-corrected chi connectivity index (χ4v) is 8.30. The predicted molar refractivity (Wildman–Crippen MR) is 139 cm³/mol. The molecule has 3 heterocycles. The topological polar surface area (TPSA) is 55.2 Å². The molecule has 3 aromatic rings. The molecule has 4 aliphatic carbocycles. The van der Waals surface area contributed by atoms with Crippen LogP contribution in [0.4, 0.5) is 23.4 Å². The van der Waals surface area contributed by atoms with Gasteiger partial charge in [0.05, 0.1) is 23.2 Å². The number of rotatable bonds is 5. The van der Waals surface area contributed by atoms with E-state index in [4.69, 9.17) is 0 Å². The van der Waals surface area contributed by atoms with Gasteiger partial charge in [-0.05, 0) is 86.0 Å². The number of ketones is 1. The van der Waals surface area contributed by atoms with Gasteiger partial charge in [-0.25, -0.2) is 22.5 Å². The van der Waals surface area contributed by atoms with Crippen molar-refractivity contribution in [2.45, 2.75) is 57.3 Å². The van der Waals surface area contributed by atoms with Gasteiger partial charge in [-0.15, -0.1) is 0 Å². The minimum absolute atomic E-state index is 0.0320. The monoisotopic (exact) mass is 539 g/mol. The van der Waals surface area contributed by atoms with Crippen LogP contribution in [-0.2, 0) is 0 Å². The molecule has 2 aromatic heterocycles. The summed E-state index contributed by atoms with van der Waals surface area (Å²) in [6, 6.07) is 5.99. The third kappa shape index (κ3) is 4.25. The summed E-state index contributed by atoms with van der Waals surface area (Å²) in [6.45, 7) is -0.426. The molecule has 5 aliphatic rings. The second kappa shape index (κ2) is 8.63. The number of carbonyl (C=O) groups is 1. The first-order chi connectivity index (χ1) is 18.6. The van der Waals surface area contributed by atoms with Crippen LogP contribution >= 0.6 is 0 Å². The maximum atomic E-state index is 15.0. The first kappa shape index (κ1) is 24.8. The van der Waals surface area contributed by atoms with Crippen LogP contribution in [0, 0.1) is 34.8 Å². The Bertz CT molecular complexity index is 1530. The summed E-state index contributed by atoms with van der Waals surface area (Å²) in [5.74, 6) is -2.63. The number of halogens is 4. The Kier molecular flexibility index (Phi) is 5.49. The highest BCUT2D eigenvalue weighted by atomic mass is 19.3. The lowest BCUT2D eigenvalue weighted by Gasteiger charge is -2.56. The highest BCUT2D eigenvalue weighted by Gasteiger charge is 2.51. The summed E-state index contributed by atoms with van der Waals surface area (Å²) in [5, 5.41) is 0.0878. The molecule has 8 rings (SSSR count). The first-order valence-corrected chi connectivity index (χ1v) is 13.8. The number of Topliss-reactive ketones (excluding diaryl/α,β-unsaturated/α-hetero) is 1. The summed E-state index contributed by atoms with van der Waals surface area (Å²) in [4.78, 5) is 33.3. The second-order valence-electron chi connectivity index (χ2n) is 12.4. The van der Waals surface area contributed by atoms with Crippen molar-refractivity contribution in [2.75, 3.05) is 18.0 Å². The zero-order chi connectivity index (χ0) is 27.1. The molecular formula is C30H29F4N3O2. The normalized spacial score (nSPS) is 28.9. The standard InChI is InChI=1S/C30H29F4N3O2/c31-20-1-3-24(23(32)10-20)37-15-22(25(38)14-29-11-17-7-18(12-29)9-19(8-17)13-29)27(39)21-2-4-26(35-28(21)37)36-6-5-30(33,34)16-36/h1-4,10,15,17-19H,5-9,11-14,16H2. The molecule has 0 atom stereocenters. The van der Waals surface area contributed by atoms with Gasteiger partial charge in [-0.3, -0.25) is 14.2 Å². The Morgan fingerprint density at radius 2 is 1.69 bits per heavy atom. The van der Waals surface area contributed by atoms with Crippen LogP contribution in [0.2, 0.25) is 0 Å². The van der Waals surface area contributed by atoms with Crippen molar-refractivity contribution in [1.29, 1.82) is 0 Å². The van der Waals surface area contributed by atoms with Crippen molar-refractivity contribution in [2.24, 2.45) is 23.2 Å². The molecule has 5 nitrogen and oxygen atoms in total. The summed E-state index contributed by atoms with van der Waals surface area (Å²) < 4.78 is 57.9. The van der Waals surface area contributed by atoms with Gasteiger partial charge in [0.25, 0.3) is 5.92 Å². The predicted octanol–water partition coefficient (Wildman–Crippen LogP) is 6.30. The molecule has 0 radical (unpaired) electrons. The molecule has 5 fully saturated rings. The Morgan fingerprint density at radius 1 is 1.00 bits per heavy atom. The van der Waals surface area contributed by atoms with E-state index in [1.165, 1.54) is 53.1 Å². The van der Waals surface area contributed by atoms with Gasteiger partial charge >= 0.3 is 0 Å². The minimum Gasteiger partial charge on any atom is -0.350 e. The summed E-state index contributed by atoms with van der Waals surface area (Å²) in [6.07, 6.45) is 7.98. The second-order valence-corrected chi connectivity index (χ2v) is 12.4. The Morgan fingerprint density at radius 3 is 2.31 bits per heavy atom. The highest BCUT2D eigenvalue weighted by Crippen LogP contribution is 2.61. The molecule has 1 aliphatic heterocycles. The number of anilines is 1. The molecule has 1 saturated heterocycles. The number of hydrogen-bond donors (Lipinski definition) is 0. The van der Waals surface area contributed by atoms with Gasteiger partial charge in [0.1, 0.15) is 17.5 Å². The van der Waals surface area contributed by atoms with Crippen molar-refractivity contribution < 1.29 is 22.4 Å². The average Bonchev–Trinajstić information content (AvgIpc) is 3.23. The number of pyridine rings is 2. The number of aromatic nitrogens is 2. The van der Waals surface area contributed by atoms with Crippen LogP contribution < -0.4 is 10.3 Å². The van der Waals surface area contributed by atoms with E-state index in [2.05, 4.69) is 4.98 Å². The Hall–Kier alpha value is -3.23. The van der Waals surface area contributed by atoms with Gasteiger partial charge in [-0.2, -0.15) is 0 Å². The van der Waals surface area contributed by atoms with E-state index in [0.717, 1.165) is 31.4 Å². The average molecular weight is 540 g/mol. The maximum absolute atomic E-state index is 15.0. The lowest BCUT2D eigenvalue weighted by atomic mass is 9.48. The number of benzene rings is 1. The fourth-order valence-electron chi connectivity index (χ4n) is 8.30. The molecule has 4 saturated carbocycles. The molecule has 1 aromatic carbocycles.